The van der Waals surface area contributed by atoms with Gasteiger partial charge in [-0.15, -0.1) is 0 Å². The first kappa shape index (κ1) is 15.3. The Morgan fingerprint density at radius 3 is 2.19 bits per heavy atom. The maximum atomic E-state index is 5.80. The molecule has 0 bridgehead atoms. The Balaban J connectivity index is 2.22. The van der Waals surface area contributed by atoms with Gasteiger partial charge in [-0.2, -0.15) is 4.98 Å². The van der Waals surface area contributed by atoms with E-state index in [-0.39, 0.29) is 11.3 Å². The van der Waals surface area contributed by atoms with E-state index in [1.54, 1.807) is 6.07 Å². The van der Waals surface area contributed by atoms with E-state index in [0.717, 1.165) is 5.75 Å². The van der Waals surface area contributed by atoms with Gasteiger partial charge in [-0.05, 0) is 23.1 Å². The monoisotopic (exact) mass is 285 g/mol. The minimum absolute atomic E-state index is 0.128. The van der Waals surface area contributed by atoms with Gasteiger partial charge in [0.25, 0.3) is 0 Å². The molecule has 0 saturated heterocycles. The van der Waals surface area contributed by atoms with Gasteiger partial charge in [0.15, 0.2) is 0 Å². The molecule has 1 aromatic carbocycles. The lowest BCUT2D eigenvalue weighted by Gasteiger charge is -2.19. The maximum absolute atomic E-state index is 5.80. The molecule has 0 unspecified atom stereocenters. The summed E-state index contributed by atoms with van der Waals surface area (Å²) in [6.45, 7) is 10.6. The van der Waals surface area contributed by atoms with Gasteiger partial charge in [0.05, 0.1) is 0 Å². The Hall–Kier alpha value is -2.10. The molecule has 0 fully saturated rings. The van der Waals surface area contributed by atoms with E-state index in [4.69, 9.17) is 10.5 Å². The molecule has 0 aliphatic rings. The van der Waals surface area contributed by atoms with Crippen LogP contribution in [0.4, 0.5) is 5.82 Å². The van der Waals surface area contributed by atoms with Gasteiger partial charge in [0, 0.05) is 12.0 Å². The molecular weight excluding hydrogens is 262 g/mol. The summed E-state index contributed by atoms with van der Waals surface area (Å²) in [7, 11) is 0. The van der Waals surface area contributed by atoms with Gasteiger partial charge in [-0.25, -0.2) is 4.98 Å². The summed E-state index contributed by atoms with van der Waals surface area (Å²) >= 11 is 0. The van der Waals surface area contributed by atoms with Crippen molar-refractivity contribution in [3.63, 3.8) is 0 Å². The molecule has 0 radical (unpaired) electrons. The largest absolute Gasteiger partial charge is 0.439 e. The molecule has 0 spiro atoms. The number of rotatable bonds is 3. The topological polar surface area (TPSA) is 61.0 Å². The summed E-state index contributed by atoms with van der Waals surface area (Å²) in [4.78, 5) is 8.59. The average Bonchev–Trinajstić information content (AvgIpc) is 2.37. The Kier molecular flexibility index (Phi) is 4.16. The number of hydrogen-bond acceptors (Lipinski definition) is 4. The second kappa shape index (κ2) is 5.72. The lowest BCUT2D eigenvalue weighted by atomic mass is 9.87. The Labute approximate surface area is 126 Å². The normalized spacial score (nSPS) is 11.7. The standard InChI is InChI=1S/C17H23N3O/c1-11(2)16-19-14(18)10-15(20-16)21-13-8-6-12(7-9-13)17(3,4)5/h6-11H,1-5H3,(H2,18,19,20). The van der Waals surface area contributed by atoms with Crippen LogP contribution in [0.3, 0.4) is 0 Å². The lowest BCUT2D eigenvalue weighted by molar-refractivity contribution is 0.456. The predicted octanol–water partition coefficient (Wildman–Crippen LogP) is 4.27. The van der Waals surface area contributed by atoms with Crippen LogP contribution in [0.1, 0.15) is 51.9 Å². The van der Waals surface area contributed by atoms with Crippen molar-refractivity contribution in [3.05, 3.63) is 41.7 Å². The number of nitrogens with two attached hydrogens (primary N) is 1. The molecule has 0 saturated carbocycles. The highest BCUT2D eigenvalue weighted by Crippen LogP contribution is 2.27. The number of ether oxygens (including phenoxy) is 1. The summed E-state index contributed by atoms with van der Waals surface area (Å²) in [6, 6.07) is 9.69. The number of nitrogen functional groups attached to an aromatic ring is 1. The first-order valence-electron chi connectivity index (χ1n) is 7.18. The fraction of sp³-hybridized carbons (Fsp3) is 0.412. The molecule has 2 aromatic rings. The zero-order valence-electron chi connectivity index (χ0n) is 13.3. The number of nitrogens with zero attached hydrogens (tertiary/aromatic N) is 2. The second-order valence-electron chi connectivity index (χ2n) is 6.52. The van der Waals surface area contributed by atoms with Gasteiger partial charge < -0.3 is 10.5 Å². The van der Waals surface area contributed by atoms with Gasteiger partial charge in [-0.1, -0.05) is 46.8 Å². The van der Waals surface area contributed by atoms with Crippen molar-refractivity contribution in [2.45, 2.75) is 46.0 Å². The van der Waals surface area contributed by atoms with Crippen molar-refractivity contribution in [3.8, 4) is 11.6 Å². The van der Waals surface area contributed by atoms with Crippen LogP contribution in [0.15, 0.2) is 30.3 Å². The number of benzene rings is 1. The minimum Gasteiger partial charge on any atom is -0.439 e. The van der Waals surface area contributed by atoms with Crippen LogP contribution >= 0.6 is 0 Å². The van der Waals surface area contributed by atoms with E-state index in [9.17, 15) is 0 Å². The smallest absolute Gasteiger partial charge is 0.224 e. The van der Waals surface area contributed by atoms with E-state index in [1.807, 2.05) is 26.0 Å². The van der Waals surface area contributed by atoms with E-state index >= 15 is 0 Å². The lowest BCUT2D eigenvalue weighted by Crippen LogP contribution is -2.10. The van der Waals surface area contributed by atoms with Gasteiger partial charge in [-0.3, -0.25) is 0 Å². The van der Waals surface area contributed by atoms with Gasteiger partial charge in [0.1, 0.15) is 17.4 Å². The molecule has 112 valence electrons. The summed E-state index contributed by atoms with van der Waals surface area (Å²) in [5.74, 6) is 2.55. The number of hydrogen-bond donors (Lipinski definition) is 1. The van der Waals surface area contributed by atoms with Crippen molar-refractivity contribution in [2.75, 3.05) is 5.73 Å². The van der Waals surface area contributed by atoms with E-state index < -0.39 is 0 Å². The van der Waals surface area contributed by atoms with Crippen LogP contribution in [0.5, 0.6) is 11.6 Å². The molecule has 0 amide bonds. The first-order chi connectivity index (χ1) is 9.75. The highest BCUT2D eigenvalue weighted by atomic mass is 16.5. The maximum Gasteiger partial charge on any atom is 0.224 e. The van der Waals surface area contributed by atoms with Crippen LogP contribution < -0.4 is 10.5 Å². The van der Waals surface area contributed by atoms with E-state index in [1.165, 1.54) is 5.56 Å². The van der Waals surface area contributed by atoms with Gasteiger partial charge >= 0.3 is 0 Å². The van der Waals surface area contributed by atoms with Crippen LogP contribution in [0.25, 0.3) is 0 Å². The predicted molar refractivity (Wildman–Crippen MR) is 85.7 cm³/mol. The molecule has 0 atom stereocenters. The Bertz CT molecular complexity index is 613. The molecule has 4 nitrogen and oxygen atoms in total. The van der Waals surface area contributed by atoms with Crippen LogP contribution in [0.2, 0.25) is 0 Å². The first-order valence-corrected chi connectivity index (χ1v) is 7.18. The fourth-order valence-electron chi connectivity index (χ4n) is 1.92. The summed E-state index contributed by atoms with van der Waals surface area (Å²) in [5, 5.41) is 0. The van der Waals surface area contributed by atoms with E-state index in [0.29, 0.717) is 17.5 Å². The highest BCUT2D eigenvalue weighted by molar-refractivity contribution is 5.37. The average molecular weight is 285 g/mol. The Morgan fingerprint density at radius 1 is 1.05 bits per heavy atom. The highest BCUT2D eigenvalue weighted by Gasteiger charge is 2.13. The number of anilines is 1. The quantitative estimate of drug-likeness (QED) is 0.914. The zero-order chi connectivity index (χ0) is 15.6. The summed E-state index contributed by atoms with van der Waals surface area (Å²) in [5.41, 5.74) is 7.19. The third kappa shape index (κ3) is 3.94. The molecule has 2 rings (SSSR count). The number of aromatic nitrogens is 2. The Morgan fingerprint density at radius 2 is 1.67 bits per heavy atom. The van der Waals surface area contributed by atoms with Crippen molar-refractivity contribution in [2.24, 2.45) is 0 Å². The van der Waals surface area contributed by atoms with Crippen molar-refractivity contribution >= 4 is 5.82 Å². The zero-order valence-corrected chi connectivity index (χ0v) is 13.3. The third-order valence-corrected chi connectivity index (χ3v) is 3.20. The van der Waals surface area contributed by atoms with Crippen LogP contribution in [-0.4, -0.2) is 9.97 Å². The summed E-state index contributed by atoms with van der Waals surface area (Å²) < 4.78 is 5.79. The minimum atomic E-state index is 0.128. The summed E-state index contributed by atoms with van der Waals surface area (Å²) in [6.07, 6.45) is 0. The molecule has 2 N–H and O–H groups in total. The molecule has 21 heavy (non-hydrogen) atoms. The van der Waals surface area contributed by atoms with Gasteiger partial charge in [0.2, 0.25) is 5.88 Å². The van der Waals surface area contributed by atoms with Crippen LogP contribution in [-0.2, 0) is 5.41 Å². The van der Waals surface area contributed by atoms with Crippen molar-refractivity contribution < 1.29 is 4.74 Å². The molecule has 1 aromatic heterocycles. The molecule has 1 heterocycles. The SMILES string of the molecule is CC(C)c1nc(N)cc(Oc2ccc(C(C)(C)C)cc2)n1. The second-order valence-corrected chi connectivity index (χ2v) is 6.52. The van der Waals surface area contributed by atoms with Crippen molar-refractivity contribution in [1.82, 2.24) is 9.97 Å². The van der Waals surface area contributed by atoms with Crippen molar-refractivity contribution in [1.29, 1.82) is 0 Å². The molecular formula is C17H23N3O. The fourth-order valence-corrected chi connectivity index (χ4v) is 1.92. The van der Waals surface area contributed by atoms with Crippen LogP contribution in [0, 0.1) is 0 Å². The molecule has 4 heteroatoms. The van der Waals surface area contributed by atoms with E-state index in [2.05, 4.69) is 42.9 Å². The molecule has 0 aliphatic heterocycles. The third-order valence-electron chi connectivity index (χ3n) is 3.20. The molecule has 0 aliphatic carbocycles.